The average Bonchev–Trinajstić information content (AvgIpc) is 3.45. The van der Waals surface area contributed by atoms with Gasteiger partial charge in [-0.15, -0.1) is 0 Å². The van der Waals surface area contributed by atoms with Crippen molar-refractivity contribution in [3.8, 4) is 34.1 Å². The number of hydrogen-bond acceptors (Lipinski definition) is 4. The Morgan fingerprint density at radius 3 is 2.55 bits per heavy atom. The molecule has 5 heteroatoms. The first-order valence-corrected chi connectivity index (χ1v) is 10.00. The highest BCUT2D eigenvalue weighted by Gasteiger charge is 2.11. The zero-order chi connectivity index (χ0) is 20.6. The molecule has 0 radical (unpaired) electrons. The summed E-state index contributed by atoms with van der Waals surface area (Å²) in [4.78, 5) is 4.21. The summed E-state index contributed by atoms with van der Waals surface area (Å²) in [5.74, 6) is 1.27. The molecule has 6 rings (SSSR count). The number of benzene rings is 3. The van der Waals surface area contributed by atoms with Crippen LogP contribution >= 0.6 is 0 Å². The Morgan fingerprint density at radius 2 is 1.61 bits per heavy atom. The molecule has 0 aliphatic rings. The largest absolute Gasteiger partial charge is 0.456 e. The van der Waals surface area contributed by atoms with Crippen molar-refractivity contribution in [1.29, 1.82) is 0 Å². The van der Waals surface area contributed by atoms with Gasteiger partial charge >= 0.3 is 0 Å². The molecule has 3 aromatic heterocycles. The molecule has 3 aromatic carbocycles. The van der Waals surface area contributed by atoms with Gasteiger partial charge in [0.1, 0.15) is 16.9 Å². The molecule has 0 unspecified atom stereocenters. The second-order valence-electron chi connectivity index (χ2n) is 7.27. The van der Waals surface area contributed by atoms with Gasteiger partial charge in [-0.05, 0) is 42.5 Å². The molecule has 1 N–H and O–H groups in total. The quantitative estimate of drug-likeness (QED) is 0.350. The van der Waals surface area contributed by atoms with Crippen LogP contribution in [0.5, 0.6) is 11.6 Å². The van der Waals surface area contributed by atoms with Crippen LogP contribution in [0.4, 0.5) is 0 Å². The second kappa shape index (κ2) is 7.15. The molecule has 3 heterocycles. The first-order valence-electron chi connectivity index (χ1n) is 10.00. The standard InChI is InChI=1S/C26H17N3O2/c1-2-9-24-20(8-1)21-12-11-18(15-25(21)31-24)23-16-22(28-29-23)17-6-5-7-19(14-17)30-26-10-3-4-13-27-26/h1-16H,(H,28,29). The summed E-state index contributed by atoms with van der Waals surface area (Å²) in [6.07, 6.45) is 1.71. The molecule has 0 amide bonds. The third-order valence-electron chi connectivity index (χ3n) is 5.26. The maximum atomic E-state index is 6.02. The van der Waals surface area contributed by atoms with Crippen molar-refractivity contribution < 1.29 is 9.15 Å². The van der Waals surface area contributed by atoms with Gasteiger partial charge in [0.05, 0.1) is 11.4 Å². The number of fused-ring (bicyclic) bond motifs is 3. The highest BCUT2D eigenvalue weighted by Crippen LogP contribution is 2.33. The van der Waals surface area contributed by atoms with E-state index in [1.54, 1.807) is 6.20 Å². The van der Waals surface area contributed by atoms with Gasteiger partial charge in [-0.2, -0.15) is 5.10 Å². The van der Waals surface area contributed by atoms with Crippen LogP contribution in [-0.4, -0.2) is 15.2 Å². The molecule has 5 nitrogen and oxygen atoms in total. The zero-order valence-electron chi connectivity index (χ0n) is 16.4. The fourth-order valence-electron chi connectivity index (χ4n) is 3.76. The van der Waals surface area contributed by atoms with Crippen LogP contribution in [0.25, 0.3) is 44.5 Å². The molecule has 0 saturated carbocycles. The predicted molar refractivity (Wildman–Crippen MR) is 121 cm³/mol. The minimum atomic E-state index is 0.557. The van der Waals surface area contributed by atoms with Crippen LogP contribution in [-0.2, 0) is 0 Å². The molecule has 0 bridgehead atoms. The lowest BCUT2D eigenvalue weighted by molar-refractivity contribution is 0.463. The average molecular weight is 403 g/mol. The Kier molecular flexibility index (Phi) is 4.03. The number of pyridine rings is 1. The monoisotopic (exact) mass is 403 g/mol. The number of aromatic amines is 1. The van der Waals surface area contributed by atoms with Crippen molar-refractivity contribution in [3.05, 3.63) is 97.2 Å². The van der Waals surface area contributed by atoms with Gasteiger partial charge in [-0.25, -0.2) is 4.98 Å². The van der Waals surface area contributed by atoms with Crippen LogP contribution in [0.2, 0.25) is 0 Å². The van der Waals surface area contributed by atoms with Crippen LogP contribution < -0.4 is 4.74 Å². The molecule has 0 aliphatic carbocycles. The highest BCUT2D eigenvalue weighted by atomic mass is 16.5. The van der Waals surface area contributed by atoms with Crippen LogP contribution in [0, 0.1) is 0 Å². The van der Waals surface area contributed by atoms with E-state index in [0.29, 0.717) is 11.6 Å². The van der Waals surface area contributed by atoms with E-state index in [4.69, 9.17) is 9.15 Å². The summed E-state index contributed by atoms with van der Waals surface area (Å²) in [5.41, 5.74) is 5.50. The Labute approximate surface area is 177 Å². The highest BCUT2D eigenvalue weighted by molar-refractivity contribution is 6.05. The van der Waals surface area contributed by atoms with E-state index < -0.39 is 0 Å². The third-order valence-corrected chi connectivity index (χ3v) is 5.26. The summed E-state index contributed by atoms with van der Waals surface area (Å²) in [5, 5.41) is 9.88. The molecule has 0 spiro atoms. The fraction of sp³-hybridized carbons (Fsp3) is 0. The molecule has 0 aliphatic heterocycles. The van der Waals surface area contributed by atoms with E-state index in [9.17, 15) is 0 Å². The lowest BCUT2D eigenvalue weighted by Crippen LogP contribution is -1.87. The predicted octanol–water partition coefficient (Wildman–Crippen LogP) is 6.83. The Bertz CT molecular complexity index is 1520. The molecular weight excluding hydrogens is 386 g/mol. The van der Waals surface area contributed by atoms with Crippen LogP contribution in [0.3, 0.4) is 0 Å². The van der Waals surface area contributed by atoms with Gasteiger partial charge in [0, 0.05) is 34.2 Å². The maximum Gasteiger partial charge on any atom is 0.219 e. The van der Waals surface area contributed by atoms with Gasteiger partial charge < -0.3 is 9.15 Å². The van der Waals surface area contributed by atoms with Gasteiger partial charge in [-0.1, -0.05) is 42.5 Å². The Hall–Kier alpha value is -4.38. The van der Waals surface area contributed by atoms with Crippen molar-refractivity contribution in [2.24, 2.45) is 0 Å². The number of nitrogens with zero attached hydrogens (tertiary/aromatic N) is 2. The number of ether oxygens (including phenoxy) is 1. The number of aromatic nitrogens is 3. The van der Waals surface area contributed by atoms with Gasteiger partial charge in [-0.3, -0.25) is 5.10 Å². The van der Waals surface area contributed by atoms with Crippen molar-refractivity contribution in [3.63, 3.8) is 0 Å². The fourth-order valence-corrected chi connectivity index (χ4v) is 3.76. The first kappa shape index (κ1) is 17.5. The van der Waals surface area contributed by atoms with Crippen LogP contribution in [0.15, 0.2) is 102 Å². The zero-order valence-corrected chi connectivity index (χ0v) is 16.4. The maximum absolute atomic E-state index is 6.02. The number of hydrogen-bond donors (Lipinski definition) is 1. The lowest BCUT2D eigenvalue weighted by Gasteiger charge is -2.05. The van der Waals surface area contributed by atoms with E-state index in [1.807, 2.05) is 72.8 Å². The lowest BCUT2D eigenvalue weighted by atomic mass is 10.1. The third kappa shape index (κ3) is 3.22. The van der Waals surface area contributed by atoms with Gasteiger partial charge in [0.25, 0.3) is 0 Å². The van der Waals surface area contributed by atoms with E-state index in [1.165, 1.54) is 0 Å². The summed E-state index contributed by atoms with van der Waals surface area (Å²) in [6.45, 7) is 0. The van der Waals surface area contributed by atoms with Crippen molar-refractivity contribution >= 4 is 21.9 Å². The molecule has 0 fully saturated rings. The Balaban J connectivity index is 1.33. The van der Waals surface area contributed by atoms with E-state index >= 15 is 0 Å². The smallest absolute Gasteiger partial charge is 0.219 e. The number of nitrogens with one attached hydrogen (secondary N) is 1. The summed E-state index contributed by atoms with van der Waals surface area (Å²) >= 11 is 0. The first-order chi connectivity index (χ1) is 15.3. The van der Waals surface area contributed by atoms with Gasteiger partial charge in [0.2, 0.25) is 5.88 Å². The molecule has 6 aromatic rings. The Morgan fingerprint density at radius 1 is 0.710 bits per heavy atom. The summed E-state index contributed by atoms with van der Waals surface area (Å²) in [7, 11) is 0. The SMILES string of the molecule is c1ccc(Oc2cccc(-c3cc(-c4ccc5c(c4)oc4ccccc45)[nH]n3)c2)nc1. The van der Waals surface area contributed by atoms with Crippen LogP contribution in [0.1, 0.15) is 0 Å². The minimum absolute atomic E-state index is 0.557. The molecule has 148 valence electrons. The number of furan rings is 1. The van der Waals surface area contributed by atoms with Crippen molar-refractivity contribution in [1.82, 2.24) is 15.2 Å². The molecule has 0 saturated heterocycles. The number of para-hydroxylation sites is 1. The van der Waals surface area contributed by atoms with E-state index in [-0.39, 0.29) is 0 Å². The van der Waals surface area contributed by atoms with Gasteiger partial charge in [0.15, 0.2) is 0 Å². The number of H-pyrrole nitrogens is 1. The molecular formula is C26H17N3O2. The molecule has 0 atom stereocenters. The molecule has 31 heavy (non-hydrogen) atoms. The summed E-state index contributed by atoms with van der Waals surface area (Å²) < 4.78 is 11.9. The van der Waals surface area contributed by atoms with Crippen molar-refractivity contribution in [2.45, 2.75) is 0 Å². The van der Waals surface area contributed by atoms with Crippen molar-refractivity contribution in [2.75, 3.05) is 0 Å². The second-order valence-corrected chi connectivity index (χ2v) is 7.27. The minimum Gasteiger partial charge on any atom is -0.456 e. The summed E-state index contributed by atoms with van der Waals surface area (Å²) in [6, 6.07) is 29.7. The van der Waals surface area contributed by atoms with E-state index in [0.717, 1.165) is 44.5 Å². The normalized spacial score (nSPS) is 11.2. The van der Waals surface area contributed by atoms with E-state index in [2.05, 4.69) is 33.4 Å². The number of rotatable bonds is 4. The topological polar surface area (TPSA) is 63.9 Å².